The third kappa shape index (κ3) is 3.78. The first-order chi connectivity index (χ1) is 11.4. The van der Waals surface area contributed by atoms with Crippen LogP contribution in [0.1, 0.15) is 41.0 Å². The number of fused-ring (bicyclic) bond motifs is 1. The van der Waals surface area contributed by atoms with Crippen molar-refractivity contribution in [2.24, 2.45) is 0 Å². The number of halogens is 3. The number of carbonyl (C=O) groups excluding carboxylic acids is 1. The smallest absolute Gasteiger partial charge is 0.352 e. The Hall–Kier alpha value is -2.30. The second-order valence-corrected chi connectivity index (χ2v) is 6.11. The van der Waals surface area contributed by atoms with Gasteiger partial charge in [-0.1, -0.05) is 36.4 Å². The molecule has 0 fully saturated rings. The Labute approximate surface area is 138 Å². The molecule has 1 N–H and O–H groups in total. The highest BCUT2D eigenvalue weighted by molar-refractivity contribution is 5.77. The molecule has 1 aliphatic carbocycles. The summed E-state index contributed by atoms with van der Waals surface area (Å²) in [5.74, 6) is 0.158. The standard InChI is InChI=1S/C19H18F3NO/c20-19(21,22)16-9-5-13(6-10-16)12-23-18(24)11-15-8-7-14-3-1-2-4-17(14)15/h1-6,9-10,15H,7-8,11-12H2,(H,23,24). The van der Waals surface area contributed by atoms with E-state index >= 15 is 0 Å². The van der Waals surface area contributed by atoms with E-state index in [4.69, 9.17) is 0 Å². The normalized spacial score (nSPS) is 16.7. The number of benzene rings is 2. The number of hydrogen-bond donors (Lipinski definition) is 1. The quantitative estimate of drug-likeness (QED) is 0.880. The Kier molecular flexibility index (Phi) is 4.60. The summed E-state index contributed by atoms with van der Waals surface area (Å²) >= 11 is 0. The maximum Gasteiger partial charge on any atom is 0.416 e. The monoisotopic (exact) mass is 333 g/mol. The fourth-order valence-corrected chi connectivity index (χ4v) is 3.17. The van der Waals surface area contributed by atoms with Gasteiger partial charge in [-0.05, 0) is 47.6 Å². The molecule has 0 saturated heterocycles. The van der Waals surface area contributed by atoms with E-state index < -0.39 is 11.7 Å². The van der Waals surface area contributed by atoms with Crippen molar-refractivity contribution in [2.75, 3.05) is 0 Å². The Bertz CT molecular complexity index is 722. The molecule has 126 valence electrons. The van der Waals surface area contributed by atoms with Gasteiger partial charge in [-0.15, -0.1) is 0 Å². The predicted octanol–water partition coefficient (Wildman–Crippen LogP) is 4.44. The van der Waals surface area contributed by atoms with Gasteiger partial charge >= 0.3 is 6.18 Å². The number of nitrogens with one attached hydrogen (secondary N) is 1. The summed E-state index contributed by atoms with van der Waals surface area (Å²) in [6.45, 7) is 0.241. The van der Waals surface area contributed by atoms with Crippen LogP contribution in [-0.2, 0) is 23.9 Å². The van der Waals surface area contributed by atoms with Crippen LogP contribution in [0, 0.1) is 0 Å². The fourth-order valence-electron chi connectivity index (χ4n) is 3.17. The van der Waals surface area contributed by atoms with Gasteiger partial charge in [-0.3, -0.25) is 4.79 Å². The molecule has 2 nitrogen and oxygen atoms in total. The van der Waals surface area contributed by atoms with Crippen molar-refractivity contribution in [3.8, 4) is 0 Å². The van der Waals surface area contributed by atoms with Gasteiger partial charge in [0.05, 0.1) is 5.56 Å². The minimum atomic E-state index is -4.34. The lowest BCUT2D eigenvalue weighted by atomic mass is 9.97. The third-order valence-electron chi connectivity index (χ3n) is 4.46. The first kappa shape index (κ1) is 16.6. The lowest BCUT2D eigenvalue weighted by Crippen LogP contribution is -2.24. The van der Waals surface area contributed by atoms with Crippen LogP contribution in [0.15, 0.2) is 48.5 Å². The number of rotatable bonds is 4. The third-order valence-corrected chi connectivity index (χ3v) is 4.46. The van der Waals surface area contributed by atoms with E-state index in [1.54, 1.807) is 0 Å². The summed E-state index contributed by atoms with van der Waals surface area (Å²) in [7, 11) is 0. The summed E-state index contributed by atoms with van der Waals surface area (Å²) in [4.78, 5) is 12.1. The van der Waals surface area contributed by atoms with Crippen molar-refractivity contribution < 1.29 is 18.0 Å². The Morgan fingerprint density at radius 2 is 1.79 bits per heavy atom. The van der Waals surface area contributed by atoms with Gasteiger partial charge in [0.2, 0.25) is 5.91 Å². The first-order valence-electron chi connectivity index (χ1n) is 7.94. The van der Waals surface area contributed by atoms with Gasteiger partial charge in [0.1, 0.15) is 0 Å². The lowest BCUT2D eigenvalue weighted by Gasteiger charge is -2.12. The number of alkyl halides is 3. The molecule has 1 aliphatic rings. The van der Waals surface area contributed by atoms with Crippen LogP contribution in [0.5, 0.6) is 0 Å². The van der Waals surface area contributed by atoms with E-state index in [2.05, 4.69) is 17.4 Å². The summed E-state index contributed by atoms with van der Waals surface area (Å²) in [5, 5.41) is 2.79. The van der Waals surface area contributed by atoms with E-state index in [1.807, 2.05) is 12.1 Å². The van der Waals surface area contributed by atoms with Gasteiger partial charge in [0.15, 0.2) is 0 Å². The van der Waals surface area contributed by atoms with Crippen molar-refractivity contribution in [1.82, 2.24) is 5.32 Å². The van der Waals surface area contributed by atoms with E-state index in [1.165, 1.54) is 23.3 Å². The van der Waals surface area contributed by atoms with Crippen LogP contribution >= 0.6 is 0 Å². The second kappa shape index (κ2) is 6.67. The van der Waals surface area contributed by atoms with Crippen LogP contribution in [0.4, 0.5) is 13.2 Å². The second-order valence-electron chi connectivity index (χ2n) is 6.11. The average molecular weight is 333 g/mol. The summed E-state index contributed by atoms with van der Waals surface area (Å²) in [5.41, 5.74) is 2.52. The summed E-state index contributed by atoms with van der Waals surface area (Å²) in [6, 6.07) is 13.0. The number of aryl methyl sites for hydroxylation is 1. The number of carbonyl (C=O) groups is 1. The zero-order valence-corrected chi connectivity index (χ0v) is 13.1. The zero-order valence-electron chi connectivity index (χ0n) is 13.1. The maximum atomic E-state index is 12.5. The van der Waals surface area contributed by atoms with Gasteiger partial charge in [0.25, 0.3) is 0 Å². The molecule has 1 unspecified atom stereocenters. The van der Waals surface area contributed by atoms with E-state index in [0.29, 0.717) is 12.0 Å². The molecule has 0 saturated carbocycles. The van der Waals surface area contributed by atoms with Crippen LogP contribution < -0.4 is 5.32 Å². The highest BCUT2D eigenvalue weighted by Gasteiger charge is 2.30. The predicted molar refractivity (Wildman–Crippen MR) is 85.4 cm³/mol. The number of amides is 1. The molecule has 2 aromatic rings. The van der Waals surface area contributed by atoms with Crippen molar-refractivity contribution >= 4 is 5.91 Å². The highest BCUT2D eigenvalue weighted by atomic mass is 19.4. The number of hydrogen-bond acceptors (Lipinski definition) is 1. The van der Waals surface area contributed by atoms with Crippen molar-refractivity contribution in [2.45, 2.75) is 37.9 Å². The molecule has 5 heteroatoms. The molecule has 2 aromatic carbocycles. The maximum absolute atomic E-state index is 12.5. The van der Waals surface area contributed by atoms with Gasteiger partial charge in [-0.25, -0.2) is 0 Å². The van der Waals surface area contributed by atoms with E-state index in [9.17, 15) is 18.0 Å². The Balaban J connectivity index is 1.53. The minimum Gasteiger partial charge on any atom is -0.352 e. The largest absolute Gasteiger partial charge is 0.416 e. The van der Waals surface area contributed by atoms with Crippen molar-refractivity contribution in [3.05, 3.63) is 70.8 Å². The molecule has 0 bridgehead atoms. The topological polar surface area (TPSA) is 29.1 Å². The molecule has 3 rings (SSSR count). The molecule has 24 heavy (non-hydrogen) atoms. The van der Waals surface area contributed by atoms with Crippen LogP contribution in [-0.4, -0.2) is 5.91 Å². The van der Waals surface area contributed by atoms with Crippen molar-refractivity contribution in [1.29, 1.82) is 0 Å². The van der Waals surface area contributed by atoms with Gasteiger partial charge in [0, 0.05) is 13.0 Å². The van der Waals surface area contributed by atoms with Crippen LogP contribution in [0.3, 0.4) is 0 Å². The van der Waals surface area contributed by atoms with Crippen LogP contribution in [0.2, 0.25) is 0 Å². The van der Waals surface area contributed by atoms with Gasteiger partial charge < -0.3 is 5.32 Å². The fraction of sp³-hybridized carbons (Fsp3) is 0.316. The molecule has 0 spiro atoms. The molecule has 0 aromatic heterocycles. The molecular weight excluding hydrogens is 315 g/mol. The molecule has 0 aliphatic heterocycles. The molecule has 1 amide bonds. The highest BCUT2D eigenvalue weighted by Crippen LogP contribution is 2.35. The summed E-state index contributed by atoms with van der Waals surface area (Å²) < 4.78 is 37.5. The first-order valence-corrected chi connectivity index (χ1v) is 7.94. The SMILES string of the molecule is O=C(CC1CCc2ccccc21)NCc1ccc(C(F)(F)F)cc1. The van der Waals surface area contributed by atoms with E-state index in [-0.39, 0.29) is 18.4 Å². The zero-order chi connectivity index (χ0) is 17.2. The van der Waals surface area contributed by atoms with E-state index in [0.717, 1.165) is 25.0 Å². The van der Waals surface area contributed by atoms with Gasteiger partial charge in [-0.2, -0.15) is 13.2 Å². The lowest BCUT2D eigenvalue weighted by molar-refractivity contribution is -0.137. The Morgan fingerprint density at radius 3 is 2.50 bits per heavy atom. The molecule has 0 heterocycles. The molecule has 0 radical (unpaired) electrons. The van der Waals surface area contributed by atoms with Crippen molar-refractivity contribution in [3.63, 3.8) is 0 Å². The minimum absolute atomic E-state index is 0.0726. The molecule has 1 atom stereocenters. The molecular formula is C19H18F3NO. The van der Waals surface area contributed by atoms with Crippen LogP contribution in [0.25, 0.3) is 0 Å². The summed E-state index contributed by atoms with van der Waals surface area (Å²) in [6.07, 6.45) is -1.96. The average Bonchev–Trinajstić information content (AvgIpc) is 2.96. The Morgan fingerprint density at radius 1 is 1.08 bits per heavy atom.